The van der Waals surface area contributed by atoms with E-state index in [1.165, 1.54) is 37.4 Å². The molecular weight excluding hydrogens is 464 g/mol. The normalized spacial score (nSPS) is 11.5. The Bertz CT molecular complexity index is 1370. The van der Waals surface area contributed by atoms with Gasteiger partial charge in [-0.3, -0.25) is 20.3 Å². The van der Waals surface area contributed by atoms with Gasteiger partial charge in [0.1, 0.15) is 10.6 Å². The maximum absolute atomic E-state index is 13.1. The summed E-state index contributed by atoms with van der Waals surface area (Å²) >= 11 is 0. The van der Waals surface area contributed by atoms with E-state index in [4.69, 9.17) is 4.74 Å². The molecule has 0 aliphatic heterocycles. The number of benzene rings is 3. The molecule has 0 amide bonds. The maximum Gasteiger partial charge on any atom is 0.337 e. The number of para-hydroxylation sites is 1. The van der Waals surface area contributed by atoms with Crippen molar-refractivity contribution in [1.82, 2.24) is 0 Å². The van der Waals surface area contributed by atoms with Crippen molar-refractivity contribution in [2.75, 3.05) is 17.3 Å². The third-order valence-corrected chi connectivity index (χ3v) is 6.12. The average molecular weight is 484 g/mol. The number of carboxylic acids is 1. The fraction of sp³-hybridized carbons (Fsp3) is 0.0909. The van der Waals surface area contributed by atoms with Crippen molar-refractivity contribution in [2.45, 2.75) is 11.8 Å². The number of nitro groups is 1. The van der Waals surface area contributed by atoms with Gasteiger partial charge in [0.2, 0.25) is 0 Å². The fourth-order valence-electron chi connectivity index (χ4n) is 2.94. The predicted octanol–water partition coefficient (Wildman–Crippen LogP) is 3.94. The van der Waals surface area contributed by atoms with Crippen LogP contribution >= 0.6 is 0 Å². The van der Waals surface area contributed by atoms with E-state index in [9.17, 15) is 28.4 Å². The first-order valence-corrected chi connectivity index (χ1v) is 11.2. The van der Waals surface area contributed by atoms with E-state index >= 15 is 0 Å². The molecule has 0 saturated heterocycles. The molecule has 0 saturated carbocycles. The summed E-state index contributed by atoms with van der Waals surface area (Å²) in [5, 5.41) is 24.8. The van der Waals surface area contributed by atoms with Gasteiger partial charge in [0, 0.05) is 12.1 Å². The smallest absolute Gasteiger partial charge is 0.337 e. The van der Waals surface area contributed by atoms with E-state index < -0.39 is 31.5 Å². The van der Waals surface area contributed by atoms with Crippen LogP contribution in [0.2, 0.25) is 0 Å². The van der Waals surface area contributed by atoms with Crippen molar-refractivity contribution < 1.29 is 28.0 Å². The van der Waals surface area contributed by atoms with Crippen molar-refractivity contribution in [3.63, 3.8) is 0 Å². The second-order valence-electron chi connectivity index (χ2n) is 6.93. The fourth-order valence-corrected chi connectivity index (χ4v) is 4.20. The van der Waals surface area contributed by atoms with E-state index in [2.05, 4.69) is 15.2 Å². The molecule has 0 spiro atoms. The highest BCUT2D eigenvalue weighted by Gasteiger charge is 2.24. The van der Waals surface area contributed by atoms with Gasteiger partial charge in [-0.2, -0.15) is 5.10 Å². The number of methoxy groups -OCH3 is 1. The Morgan fingerprint density at radius 2 is 1.74 bits per heavy atom. The van der Waals surface area contributed by atoms with Crippen LogP contribution in [0, 0.1) is 10.1 Å². The number of anilines is 2. The first kappa shape index (κ1) is 24.2. The van der Waals surface area contributed by atoms with Crippen LogP contribution in [0.4, 0.5) is 17.1 Å². The number of nitrogens with one attached hydrogen (secondary N) is 2. The van der Waals surface area contributed by atoms with Crippen LogP contribution < -0.4 is 14.9 Å². The van der Waals surface area contributed by atoms with E-state index in [-0.39, 0.29) is 16.9 Å². The molecule has 0 aliphatic rings. The Kier molecular flexibility index (Phi) is 7.12. The number of hydrazone groups is 1. The number of sulfonamides is 1. The van der Waals surface area contributed by atoms with Crippen molar-refractivity contribution in [2.24, 2.45) is 5.10 Å². The average Bonchev–Trinajstić information content (AvgIpc) is 2.82. The molecule has 0 bridgehead atoms. The summed E-state index contributed by atoms with van der Waals surface area (Å²) in [5.74, 6) is -0.684. The molecule has 3 rings (SSSR count). The number of hydrogen-bond donors (Lipinski definition) is 3. The van der Waals surface area contributed by atoms with Gasteiger partial charge < -0.3 is 9.84 Å². The zero-order valence-corrected chi connectivity index (χ0v) is 18.9. The van der Waals surface area contributed by atoms with E-state index in [1.807, 2.05) is 0 Å². The molecule has 0 aliphatic carbocycles. The molecular formula is C22H20N4O7S. The molecule has 3 aromatic carbocycles. The minimum atomic E-state index is -4.44. The first-order valence-electron chi connectivity index (χ1n) is 9.70. The van der Waals surface area contributed by atoms with Gasteiger partial charge in [-0.15, -0.1) is 0 Å². The number of carbonyl (C=O) groups is 1. The molecule has 0 radical (unpaired) electrons. The Balaban J connectivity index is 2.00. The summed E-state index contributed by atoms with van der Waals surface area (Å²) in [6, 6.07) is 15.6. The number of hydrogen-bond acceptors (Lipinski definition) is 8. The van der Waals surface area contributed by atoms with Gasteiger partial charge in [0.05, 0.1) is 34.7 Å². The maximum atomic E-state index is 13.1. The predicted molar refractivity (Wildman–Crippen MR) is 126 cm³/mol. The summed E-state index contributed by atoms with van der Waals surface area (Å²) < 4.78 is 33.6. The quantitative estimate of drug-likeness (QED) is 0.234. The van der Waals surface area contributed by atoms with Gasteiger partial charge in [-0.25, -0.2) is 13.2 Å². The lowest BCUT2D eigenvalue weighted by atomic mass is 10.1. The second kappa shape index (κ2) is 10.0. The van der Waals surface area contributed by atoms with E-state index in [0.29, 0.717) is 11.5 Å². The molecule has 11 nitrogen and oxygen atoms in total. The van der Waals surface area contributed by atoms with Gasteiger partial charge in [-0.05, 0) is 55.0 Å². The van der Waals surface area contributed by atoms with Crippen molar-refractivity contribution >= 4 is 38.8 Å². The summed E-state index contributed by atoms with van der Waals surface area (Å²) in [6.07, 6.45) is 0. The van der Waals surface area contributed by atoms with Crippen LogP contribution in [-0.2, 0) is 10.0 Å². The third kappa shape index (κ3) is 5.48. The Labute approximate surface area is 194 Å². The highest BCUT2D eigenvalue weighted by atomic mass is 32.2. The van der Waals surface area contributed by atoms with Crippen molar-refractivity contribution in [1.29, 1.82) is 0 Å². The lowest BCUT2D eigenvalue weighted by Crippen LogP contribution is -2.17. The second-order valence-corrected chi connectivity index (χ2v) is 8.58. The van der Waals surface area contributed by atoms with E-state index in [0.717, 1.165) is 17.7 Å². The largest absolute Gasteiger partial charge is 0.497 e. The van der Waals surface area contributed by atoms with Crippen molar-refractivity contribution in [3.05, 3.63) is 88.0 Å². The number of non-ortho nitro benzene ring substituents is 1. The van der Waals surface area contributed by atoms with Crippen molar-refractivity contribution in [3.8, 4) is 5.75 Å². The van der Waals surface area contributed by atoms with Crippen LogP contribution in [-0.4, -0.2) is 37.2 Å². The number of aromatic carboxylic acids is 1. The number of ether oxygens (including phenoxy) is 1. The van der Waals surface area contributed by atoms with Gasteiger partial charge in [0.25, 0.3) is 15.7 Å². The summed E-state index contributed by atoms with van der Waals surface area (Å²) in [7, 11) is -2.90. The molecule has 0 aromatic heterocycles. The van der Waals surface area contributed by atoms with E-state index in [1.54, 1.807) is 31.2 Å². The molecule has 12 heteroatoms. The number of carboxylic acid groups (broad SMARTS) is 1. The molecule has 0 fully saturated rings. The number of nitrogens with zero attached hydrogens (tertiary/aromatic N) is 2. The molecule has 176 valence electrons. The molecule has 0 heterocycles. The summed E-state index contributed by atoms with van der Waals surface area (Å²) in [5.41, 5.74) is 2.90. The molecule has 3 aromatic rings. The lowest BCUT2D eigenvalue weighted by Gasteiger charge is -2.14. The van der Waals surface area contributed by atoms with Crippen LogP contribution in [0.5, 0.6) is 5.75 Å². The van der Waals surface area contributed by atoms with Gasteiger partial charge in [-0.1, -0.05) is 12.1 Å². The van der Waals surface area contributed by atoms with Crippen LogP contribution in [0.25, 0.3) is 0 Å². The minimum Gasteiger partial charge on any atom is -0.497 e. The topological polar surface area (TPSA) is 160 Å². The number of rotatable bonds is 9. The molecule has 0 unspecified atom stereocenters. The standard InChI is InChI=1S/C22H20N4O7S/c1-14(15-7-10-17(33-2)11-8-15)23-24-20-12-9-16(26(29)30)13-21(20)34(31,32)25-19-6-4-3-5-18(19)22(27)28/h3-13,24-25H,1-2H3,(H,27,28). The Hall–Kier alpha value is -4.45. The zero-order valence-electron chi connectivity index (χ0n) is 18.1. The Morgan fingerprint density at radius 3 is 2.35 bits per heavy atom. The third-order valence-electron chi connectivity index (χ3n) is 4.72. The van der Waals surface area contributed by atoms with Gasteiger partial charge in [0.15, 0.2) is 0 Å². The summed E-state index contributed by atoms with van der Waals surface area (Å²) in [6.45, 7) is 1.69. The summed E-state index contributed by atoms with van der Waals surface area (Å²) in [4.78, 5) is 21.5. The first-order chi connectivity index (χ1) is 16.1. The number of nitro benzene ring substituents is 1. The Morgan fingerprint density at radius 1 is 1.06 bits per heavy atom. The molecule has 0 atom stereocenters. The monoisotopic (exact) mass is 484 g/mol. The lowest BCUT2D eigenvalue weighted by molar-refractivity contribution is -0.385. The van der Waals surface area contributed by atoms with Crippen LogP contribution in [0.1, 0.15) is 22.8 Å². The van der Waals surface area contributed by atoms with Gasteiger partial charge >= 0.3 is 5.97 Å². The minimum absolute atomic E-state index is 0.0428. The zero-order chi connectivity index (χ0) is 24.9. The SMILES string of the molecule is COc1ccc(C(C)=NNc2ccc([N+](=O)[O-])cc2S(=O)(=O)Nc2ccccc2C(=O)O)cc1. The van der Waals surface area contributed by atoms with Crippen LogP contribution in [0.3, 0.4) is 0 Å². The highest BCUT2D eigenvalue weighted by molar-refractivity contribution is 7.93. The highest BCUT2D eigenvalue weighted by Crippen LogP contribution is 2.29. The molecule has 34 heavy (non-hydrogen) atoms. The molecule has 3 N–H and O–H groups in total. The van der Waals surface area contributed by atoms with Crippen LogP contribution in [0.15, 0.2) is 76.7 Å².